The van der Waals surface area contributed by atoms with Crippen LogP contribution in [0.2, 0.25) is 0 Å². The number of azide groups is 1. The first-order chi connectivity index (χ1) is 16.6. The van der Waals surface area contributed by atoms with Crippen LogP contribution >= 0.6 is 0 Å². The predicted octanol–water partition coefficient (Wildman–Crippen LogP) is 3.32. The molecule has 0 aromatic heterocycles. The van der Waals surface area contributed by atoms with Crippen LogP contribution in [-0.2, 0) is 16.0 Å². The van der Waals surface area contributed by atoms with Gasteiger partial charge in [-0.1, -0.05) is 29.4 Å². The van der Waals surface area contributed by atoms with Crippen LogP contribution in [0.5, 0.6) is 5.75 Å². The Morgan fingerprint density at radius 2 is 2.06 bits per heavy atom. The Bertz CT molecular complexity index is 1090. The number of hydrogen-bond acceptors (Lipinski definition) is 7. The quantitative estimate of drug-likeness (QED) is 0.154. The van der Waals surface area contributed by atoms with Gasteiger partial charge in [-0.25, -0.2) is 10.4 Å². The van der Waals surface area contributed by atoms with Crippen LogP contribution in [0.1, 0.15) is 37.3 Å². The molecule has 2 aromatic carbocycles. The van der Waals surface area contributed by atoms with E-state index < -0.39 is 11.6 Å². The van der Waals surface area contributed by atoms with Gasteiger partial charge in [0.15, 0.2) is 5.54 Å². The monoisotopic (exact) mass is 464 g/mol. The number of carbonyl (C=O) groups is 1. The van der Waals surface area contributed by atoms with E-state index in [1.807, 2.05) is 31.2 Å². The molecule has 0 radical (unpaired) electrons. The smallest absolute Gasteiger partial charge is 0.266 e. The van der Waals surface area contributed by atoms with Gasteiger partial charge in [-0.05, 0) is 55.1 Å². The first kappa shape index (κ1) is 23.6. The minimum Gasteiger partial charge on any atom is -0.494 e. The van der Waals surface area contributed by atoms with Crippen molar-refractivity contribution in [1.82, 2.24) is 10.9 Å². The van der Waals surface area contributed by atoms with Gasteiger partial charge in [0.1, 0.15) is 11.9 Å². The van der Waals surface area contributed by atoms with Crippen molar-refractivity contribution in [2.75, 3.05) is 13.2 Å². The topological polar surface area (TPSA) is 141 Å². The van der Waals surface area contributed by atoms with E-state index in [2.05, 4.69) is 20.9 Å². The lowest BCUT2D eigenvalue weighted by atomic mass is 9.85. The van der Waals surface area contributed by atoms with Gasteiger partial charge in [0.25, 0.3) is 5.91 Å². The van der Waals surface area contributed by atoms with Crippen molar-refractivity contribution in [1.29, 1.82) is 0 Å². The molecule has 10 nitrogen and oxygen atoms in total. The Balaban J connectivity index is 1.63. The molecule has 1 heterocycles. The van der Waals surface area contributed by atoms with E-state index in [0.29, 0.717) is 35.9 Å². The summed E-state index contributed by atoms with van der Waals surface area (Å²) in [6, 6.07) is 14.7. The van der Waals surface area contributed by atoms with Gasteiger partial charge in [-0.3, -0.25) is 10.2 Å². The second-order valence-electron chi connectivity index (χ2n) is 8.42. The molecule has 0 spiro atoms. The maximum absolute atomic E-state index is 13.5. The number of carbonyl (C=O) groups excluding carboxylic acids is 1. The maximum atomic E-state index is 13.5. The molecule has 1 amide bonds. The van der Waals surface area contributed by atoms with Crippen molar-refractivity contribution >= 4 is 17.5 Å². The summed E-state index contributed by atoms with van der Waals surface area (Å²) in [6.45, 7) is 2.31. The number of amides is 1. The summed E-state index contributed by atoms with van der Waals surface area (Å²) in [5, 5.41) is 12.7. The Hall–Kier alpha value is -3.59. The van der Waals surface area contributed by atoms with Crippen LogP contribution in [-0.4, -0.2) is 47.8 Å². The number of rotatable bonds is 11. The molecule has 34 heavy (non-hydrogen) atoms. The molecule has 2 aromatic rings. The minimum atomic E-state index is -1.26. The highest BCUT2D eigenvalue weighted by atomic mass is 16.5. The highest BCUT2D eigenvalue weighted by Gasteiger charge is 2.51. The molecule has 0 unspecified atom stereocenters. The van der Waals surface area contributed by atoms with E-state index in [9.17, 15) is 4.79 Å². The Morgan fingerprint density at radius 1 is 1.29 bits per heavy atom. The predicted molar refractivity (Wildman–Crippen MR) is 127 cm³/mol. The zero-order valence-electron chi connectivity index (χ0n) is 19.0. The van der Waals surface area contributed by atoms with Gasteiger partial charge in [0.05, 0.1) is 6.61 Å². The second kappa shape index (κ2) is 10.6. The van der Waals surface area contributed by atoms with Crippen LogP contribution in [0.4, 0.5) is 5.69 Å². The molecule has 1 aliphatic heterocycles. The van der Waals surface area contributed by atoms with Crippen molar-refractivity contribution in [3.05, 3.63) is 70.1 Å². The van der Waals surface area contributed by atoms with Crippen LogP contribution in [0.15, 0.2) is 58.6 Å². The summed E-state index contributed by atoms with van der Waals surface area (Å²) in [4.78, 5) is 21.2. The van der Waals surface area contributed by atoms with E-state index >= 15 is 0 Å². The zero-order valence-corrected chi connectivity index (χ0v) is 19.0. The normalized spacial score (nSPS) is 21.2. The van der Waals surface area contributed by atoms with Crippen LogP contribution < -0.4 is 15.6 Å². The number of aliphatic hydroxyl groups is 1. The van der Waals surface area contributed by atoms with E-state index in [4.69, 9.17) is 25.1 Å². The van der Waals surface area contributed by atoms with Crippen LogP contribution in [0.3, 0.4) is 0 Å². The third-order valence-corrected chi connectivity index (χ3v) is 5.90. The lowest BCUT2D eigenvalue weighted by Crippen LogP contribution is -2.56. The van der Waals surface area contributed by atoms with Gasteiger partial charge in [-0.15, -0.1) is 0 Å². The number of ether oxygens (including phenoxy) is 2. The number of hydrazine groups is 1. The molecule has 4 rings (SSSR count). The molecule has 3 N–H and O–H groups in total. The molecule has 0 saturated heterocycles. The summed E-state index contributed by atoms with van der Waals surface area (Å²) in [5.74, 6) is 0.726. The van der Waals surface area contributed by atoms with Gasteiger partial charge >= 0.3 is 0 Å². The van der Waals surface area contributed by atoms with E-state index in [0.717, 1.165) is 18.4 Å². The van der Waals surface area contributed by atoms with Gasteiger partial charge < -0.3 is 14.6 Å². The van der Waals surface area contributed by atoms with Crippen LogP contribution in [0, 0.1) is 0 Å². The van der Waals surface area contributed by atoms with Gasteiger partial charge in [0, 0.05) is 41.7 Å². The fourth-order valence-corrected chi connectivity index (χ4v) is 3.74. The molecule has 10 heteroatoms. The zero-order chi connectivity index (χ0) is 24.0. The summed E-state index contributed by atoms with van der Waals surface area (Å²) < 4.78 is 11.7. The summed E-state index contributed by atoms with van der Waals surface area (Å²) in [7, 11) is 0. The molecule has 1 fully saturated rings. The molecule has 2 atom stereocenters. The number of hydrogen-bond donors (Lipinski definition) is 3. The standard InChI is InChI=1S/C24H28N6O4/c1-16-24(23(32)29-27-19-9-10-19,15-18-5-2-3-6-21(18)28-30-25)26-22(34-16)17-7-11-20(12-8-17)33-14-4-13-31/h2-3,5-8,11-12,16,19,27,31H,4,9-10,13-15H2,1H3,(H,29,32)/t16-,24-/m0/s1. The molecule has 2 aliphatic rings. The minimum absolute atomic E-state index is 0.0726. The van der Waals surface area contributed by atoms with Crippen molar-refractivity contribution in [2.45, 2.75) is 50.3 Å². The third kappa shape index (κ3) is 5.31. The second-order valence-corrected chi connectivity index (χ2v) is 8.42. The summed E-state index contributed by atoms with van der Waals surface area (Å²) in [6.07, 6.45) is 2.22. The van der Waals surface area contributed by atoms with Crippen molar-refractivity contribution in [2.24, 2.45) is 10.1 Å². The highest BCUT2D eigenvalue weighted by molar-refractivity contribution is 6.00. The molecule has 0 bridgehead atoms. The van der Waals surface area contributed by atoms with Crippen molar-refractivity contribution < 1.29 is 19.4 Å². The number of nitrogens with zero attached hydrogens (tertiary/aromatic N) is 4. The first-order valence-corrected chi connectivity index (χ1v) is 11.4. The van der Waals surface area contributed by atoms with Crippen molar-refractivity contribution in [3.63, 3.8) is 0 Å². The largest absolute Gasteiger partial charge is 0.494 e. The fourth-order valence-electron chi connectivity index (χ4n) is 3.74. The lowest BCUT2D eigenvalue weighted by molar-refractivity contribution is -0.129. The average Bonchev–Trinajstić information content (AvgIpc) is 3.62. The molecule has 1 saturated carbocycles. The number of benzene rings is 2. The number of aliphatic hydroxyl groups excluding tert-OH is 1. The average molecular weight is 465 g/mol. The van der Waals surface area contributed by atoms with E-state index in [1.54, 1.807) is 24.3 Å². The summed E-state index contributed by atoms with van der Waals surface area (Å²) >= 11 is 0. The van der Waals surface area contributed by atoms with E-state index in [1.165, 1.54) is 0 Å². The number of nitrogens with one attached hydrogen (secondary N) is 2. The van der Waals surface area contributed by atoms with E-state index in [-0.39, 0.29) is 25.0 Å². The summed E-state index contributed by atoms with van der Waals surface area (Å²) in [5.41, 5.74) is 15.4. The Morgan fingerprint density at radius 3 is 2.76 bits per heavy atom. The van der Waals surface area contributed by atoms with Gasteiger partial charge in [0.2, 0.25) is 5.90 Å². The number of aliphatic imine (C=N–C) groups is 1. The highest BCUT2D eigenvalue weighted by Crippen LogP contribution is 2.35. The van der Waals surface area contributed by atoms with Gasteiger partial charge in [-0.2, -0.15) is 0 Å². The fraction of sp³-hybridized carbons (Fsp3) is 0.417. The van der Waals surface area contributed by atoms with Crippen molar-refractivity contribution in [3.8, 4) is 5.75 Å². The maximum Gasteiger partial charge on any atom is 0.266 e. The Labute approximate surface area is 197 Å². The molecule has 1 aliphatic carbocycles. The third-order valence-electron chi connectivity index (χ3n) is 5.90. The Kier molecular flexibility index (Phi) is 7.32. The lowest BCUT2D eigenvalue weighted by Gasteiger charge is -2.28. The SMILES string of the molecule is C[C@@H]1OC(c2ccc(OCCCO)cc2)=N[C@]1(Cc1ccccc1N=[N+]=[N-])C(=O)NNC1CC1. The van der Waals surface area contributed by atoms with Crippen LogP contribution in [0.25, 0.3) is 10.4 Å². The molecular weight excluding hydrogens is 436 g/mol. The first-order valence-electron chi connectivity index (χ1n) is 11.4. The molecule has 178 valence electrons. The molecular formula is C24H28N6O4.